The number of hydrogen-bond donors (Lipinski definition) is 2. The first-order valence-corrected chi connectivity index (χ1v) is 21.4. The van der Waals surface area contributed by atoms with Gasteiger partial charge in [-0.3, -0.25) is 23.9 Å². The zero-order chi connectivity index (χ0) is 39.8. The molecular formula is C43H52N4O8S. The Morgan fingerprint density at radius 1 is 1.12 bits per heavy atom. The zero-order valence-electron chi connectivity index (χ0n) is 32.4. The summed E-state index contributed by atoms with van der Waals surface area (Å²) in [6, 6.07) is 14.6. The van der Waals surface area contributed by atoms with Gasteiger partial charge in [-0.1, -0.05) is 56.7 Å². The van der Waals surface area contributed by atoms with Crippen molar-refractivity contribution in [3.05, 3.63) is 66.7 Å². The maximum Gasteiger partial charge on any atom is 0.240 e. The van der Waals surface area contributed by atoms with Crippen LogP contribution in [0.5, 0.6) is 11.5 Å². The van der Waals surface area contributed by atoms with Crippen molar-refractivity contribution < 1.29 is 37.1 Å². The number of pyridine rings is 1. The Hall–Kier alpha value is -4.78. The van der Waals surface area contributed by atoms with E-state index in [9.17, 15) is 27.6 Å². The third kappa shape index (κ3) is 8.19. The lowest BCUT2D eigenvalue weighted by molar-refractivity contribution is -0.144. The molecule has 298 valence electrons. The van der Waals surface area contributed by atoms with Crippen LogP contribution in [0.3, 0.4) is 0 Å². The Kier molecular flexibility index (Phi) is 11.3. The number of rotatable bonds is 10. The summed E-state index contributed by atoms with van der Waals surface area (Å²) < 4.78 is 40.5. The predicted octanol–water partition coefficient (Wildman–Crippen LogP) is 5.52. The van der Waals surface area contributed by atoms with Crippen LogP contribution >= 0.6 is 0 Å². The molecule has 13 heteroatoms. The second kappa shape index (κ2) is 16.0. The van der Waals surface area contributed by atoms with Crippen molar-refractivity contribution in [2.45, 2.75) is 95.5 Å². The van der Waals surface area contributed by atoms with Gasteiger partial charge in [0.25, 0.3) is 0 Å². The monoisotopic (exact) mass is 784 g/mol. The van der Waals surface area contributed by atoms with E-state index in [1.54, 1.807) is 13.2 Å². The number of fused-ring (bicyclic) bond motifs is 3. The first-order valence-electron chi connectivity index (χ1n) is 19.9. The van der Waals surface area contributed by atoms with Gasteiger partial charge in [-0.05, 0) is 62.0 Å². The van der Waals surface area contributed by atoms with Crippen LogP contribution in [0.2, 0.25) is 0 Å². The summed E-state index contributed by atoms with van der Waals surface area (Å²) in [5.74, 6) is -1.65. The molecule has 7 rings (SSSR count). The second-order valence-electron chi connectivity index (χ2n) is 16.3. The van der Waals surface area contributed by atoms with E-state index in [1.807, 2.05) is 62.4 Å². The summed E-state index contributed by atoms with van der Waals surface area (Å²) in [6.07, 6.45) is 5.34. The van der Waals surface area contributed by atoms with E-state index >= 15 is 0 Å². The SMILES string of the molecule is C=C[C@@H]1C[C@]1(CC(=O)[C@@H]1C[C@@H]2CN1C(=O)[C@H](C(C)C)CC(=O)NCCCCCc1cc3c(cc(-c4ccccc4)nc3cc1OC)O2)C(=O)NS(=O)(=O)C1CC1. The fourth-order valence-corrected chi connectivity index (χ4v) is 9.75. The number of hydrogen-bond acceptors (Lipinski definition) is 9. The Labute approximate surface area is 328 Å². The number of ketones is 1. The molecule has 3 heterocycles. The fourth-order valence-electron chi connectivity index (χ4n) is 8.37. The molecule has 1 aromatic heterocycles. The molecule has 4 aliphatic rings. The molecule has 3 aromatic rings. The highest BCUT2D eigenvalue weighted by Crippen LogP contribution is 2.57. The van der Waals surface area contributed by atoms with Crippen molar-refractivity contribution in [1.29, 1.82) is 0 Å². The number of nitrogens with zero attached hydrogens (tertiary/aromatic N) is 2. The average molecular weight is 785 g/mol. The van der Waals surface area contributed by atoms with Gasteiger partial charge in [-0.25, -0.2) is 13.4 Å². The van der Waals surface area contributed by atoms with E-state index < -0.39 is 44.7 Å². The van der Waals surface area contributed by atoms with Crippen molar-refractivity contribution in [2.24, 2.45) is 23.2 Å². The number of nitrogens with one attached hydrogen (secondary N) is 2. The normalized spacial score (nSPS) is 25.9. The molecule has 3 amide bonds. The lowest BCUT2D eigenvalue weighted by Gasteiger charge is -2.30. The van der Waals surface area contributed by atoms with Gasteiger partial charge in [0.15, 0.2) is 5.78 Å². The van der Waals surface area contributed by atoms with Crippen LogP contribution in [0, 0.1) is 23.2 Å². The van der Waals surface area contributed by atoms with E-state index in [2.05, 4.69) is 16.6 Å². The van der Waals surface area contributed by atoms with E-state index in [1.165, 1.54) is 4.90 Å². The van der Waals surface area contributed by atoms with Crippen LogP contribution in [0.25, 0.3) is 22.2 Å². The molecule has 56 heavy (non-hydrogen) atoms. The van der Waals surface area contributed by atoms with Crippen LogP contribution in [-0.4, -0.2) is 79.4 Å². The number of carbonyl (C=O) groups excluding carboxylic acids is 4. The van der Waals surface area contributed by atoms with Crippen molar-refractivity contribution in [1.82, 2.24) is 19.9 Å². The minimum atomic E-state index is -3.85. The van der Waals surface area contributed by atoms with Crippen molar-refractivity contribution >= 4 is 44.4 Å². The predicted molar refractivity (Wildman–Crippen MR) is 212 cm³/mol. The molecule has 4 bridgehead atoms. The van der Waals surface area contributed by atoms with Gasteiger partial charge in [-0.2, -0.15) is 0 Å². The quantitative estimate of drug-likeness (QED) is 0.252. The van der Waals surface area contributed by atoms with Gasteiger partial charge in [0, 0.05) is 54.8 Å². The number of amides is 3. The Bertz CT molecular complexity index is 2140. The largest absolute Gasteiger partial charge is 0.496 e. The maximum absolute atomic E-state index is 14.6. The first kappa shape index (κ1) is 39.5. The van der Waals surface area contributed by atoms with Crippen molar-refractivity contribution in [2.75, 3.05) is 20.2 Å². The zero-order valence-corrected chi connectivity index (χ0v) is 33.2. The van der Waals surface area contributed by atoms with Crippen LogP contribution in [0.1, 0.15) is 77.2 Å². The van der Waals surface area contributed by atoms with Crippen LogP contribution in [0.4, 0.5) is 0 Å². The van der Waals surface area contributed by atoms with E-state index in [-0.39, 0.29) is 61.7 Å². The summed E-state index contributed by atoms with van der Waals surface area (Å²) >= 11 is 0. The van der Waals surface area contributed by atoms with Gasteiger partial charge in [0.2, 0.25) is 27.7 Å². The van der Waals surface area contributed by atoms with Crippen LogP contribution < -0.4 is 19.5 Å². The first-order chi connectivity index (χ1) is 26.8. The number of aromatic nitrogens is 1. The number of benzene rings is 2. The molecular weight excluding hydrogens is 733 g/mol. The minimum Gasteiger partial charge on any atom is -0.496 e. The lowest BCUT2D eigenvalue weighted by Crippen LogP contribution is -2.47. The van der Waals surface area contributed by atoms with Gasteiger partial charge in [-0.15, -0.1) is 6.58 Å². The molecule has 2 aliphatic heterocycles. The topological polar surface area (TPSA) is 161 Å². The van der Waals surface area contributed by atoms with Crippen molar-refractivity contribution in [3.63, 3.8) is 0 Å². The number of allylic oxidation sites excluding steroid dienone is 1. The summed E-state index contributed by atoms with van der Waals surface area (Å²) in [5, 5.41) is 3.16. The highest BCUT2D eigenvalue weighted by atomic mass is 32.2. The molecule has 0 spiro atoms. The Balaban J connectivity index is 1.26. The van der Waals surface area contributed by atoms with E-state index in [0.29, 0.717) is 42.1 Å². The maximum atomic E-state index is 14.6. The number of methoxy groups -OCH3 is 1. The molecule has 0 unspecified atom stereocenters. The molecule has 1 saturated heterocycles. The lowest BCUT2D eigenvalue weighted by atomic mass is 9.88. The number of Topliss-reactive ketones (excluding diaryl/α,β-unsaturated/α-hetero) is 1. The van der Waals surface area contributed by atoms with Crippen molar-refractivity contribution in [3.8, 4) is 22.8 Å². The number of ether oxygens (including phenoxy) is 2. The summed E-state index contributed by atoms with van der Waals surface area (Å²) in [4.78, 5) is 62.5. The highest BCUT2D eigenvalue weighted by molar-refractivity contribution is 7.90. The highest BCUT2D eigenvalue weighted by Gasteiger charge is 2.61. The summed E-state index contributed by atoms with van der Waals surface area (Å²) in [6.45, 7) is 8.19. The van der Waals surface area contributed by atoms with E-state index in [4.69, 9.17) is 14.5 Å². The summed E-state index contributed by atoms with van der Waals surface area (Å²) in [7, 11) is -2.21. The second-order valence-corrected chi connectivity index (χ2v) is 18.2. The van der Waals surface area contributed by atoms with E-state index in [0.717, 1.165) is 42.2 Å². The summed E-state index contributed by atoms with van der Waals surface area (Å²) in [5.41, 5.74) is 1.97. The molecule has 0 radical (unpaired) electrons. The standard InChI is InChI=1S/C43H52N4O8S/c1-5-29-23-43(29,42(51)46-56(52,53)31-15-16-31)24-37(48)36-19-30-25-47(36)41(50)32(26(2)3)20-40(49)44-17-11-7-10-14-28-18-33-35(22-38(28)54-4)45-34(21-39(33)55-30)27-12-8-6-9-13-27/h5-6,8-9,12-13,18,21-22,26,29-32,36H,1,7,10-11,14-17,19-20,23-25H2,2-4H3,(H,44,49)(H,46,51)/t29-,30-,32+,36+,43-/m1/s1. The molecule has 3 fully saturated rings. The third-order valence-electron chi connectivity index (χ3n) is 12.0. The molecule has 5 atom stereocenters. The number of aryl methyl sites for hydroxylation is 1. The van der Waals surface area contributed by atoms with Gasteiger partial charge in [0.05, 0.1) is 41.6 Å². The Morgan fingerprint density at radius 3 is 2.57 bits per heavy atom. The molecule has 2 aromatic carbocycles. The third-order valence-corrected chi connectivity index (χ3v) is 13.8. The smallest absolute Gasteiger partial charge is 0.240 e. The average Bonchev–Trinajstić information content (AvgIpc) is 4.11. The van der Waals surface area contributed by atoms with Gasteiger partial charge in [0.1, 0.15) is 17.6 Å². The van der Waals surface area contributed by atoms with Crippen LogP contribution in [-0.2, 0) is 35.6 Å². The van der Waals surface area contributed by atoms with Crippen LogP contribution in [0.15, 0.2) is 61.2 Å². The fraction of sp³-hybridized carbons (Fsp3) is 0.512. The number of sulfonamides is 1. The molecule has 2 saturated carbocycles. The molecule has 2 aliphatic carbocycles. The van der Waals surface area contributed by atoms with Gasteiger partial charge < -0.3 is 19.7 Å². The molecule has 12 nitrogen and oxygen atoms in total. The molecule has 2 N–H and O–H groups in total. The minimum absolute atomic E-state index is 0.0312. The Morgan fingerprint density at radius 2 is 1.89 bits per heavy atom. The van der Waals surface area contributed by atoms with Gasteiger partial charge >= 0.3 is 0 Å². The number of carbonyl (C=O) groups is 4.